The lowest BCUT2D eigenvalue weighted by atomic mass is 9.69. The fourth-order valence-corrected chi connectivity index (χ4v) is 4.36. The first kappa shape index (κ1) is 18.3. The number of Topliss-reactive ketones (excluding diaryl/α,β-unsaturated/α-hetero) is 1. The molecule has 2 aromatic rings. The number of nitrogens with zero attached hydrogens (tertiary/aromatic N) is 1. The summed E-state index contributed by atoms with van der Waals surface area (Å²) in [5.41, 5.74) is 1.24. The molecule has 0 unspecified atom stereocenters. The molecule has 0 fully saturated rings. The van der Waals surface area contributed by atoms with Gasteiger partial charge in [0.05, 0.1) is 5.56 Å². The Morgan fingerprint density at radius 3 is 2.46 bits per heavy atom. The standard InChI is InChI=1S/C21H23N3O4/c1-4-24-18-17(19(27)23-20(24)28)15(11-5-7-12(25)8-6-11)16-13(22-18)9-21(2,3)10-14(16)26/h5-8,15,22,25H,4,9-10H2,1-3H3,(H,23,27,28)/t15-/m0/s1. The van der Waals surface area contributed by atoms with Crippen molar-refractivity contribution in [1.82, 2.24) is 9.55 Å². The molecule has 7 nitrogen and oxygen atoms in total. The maximum atomic E-state index is 13.1. The maximum Gasteiger partial charge on any atom is 0.329 e. The lowest BCUT2D eigenvalue weighted by molar-refractivity contribution is -0.118. The average molecular weight is 381 g/mol. The van der Waals surface area contributed by atoms with E-state index >= 15 is 0 Å². The number of carbonyl (C=O) groups is 1. The normalized spacial score (nSPS) is 20.4. The number of rotatable bonds is 2. The SMILES string of the molecule is CCn1c2c(c(=O)[nH]c1=O)[C@@H](c1ccc(O)cc1)C1=C(CC(C)(C)CC1=O)N2. The fourth-order valence-electron chi connectivity index (χ4n) is 4.36. The second-order valence-electron chi connectivity index (χ2n) is 8.25. The Kier molecular flexibility index (Phi) is 4.06. The van der Waals surface area contributed by atoms with Gasteiger partial charge in [0.2, 0.25) is 0 Å². The van der Waals surface area contributed by atoms with Crippen LogP contribution in [0.3, 0.4) is 0 Å². The summed E-state index contributed by atoms with van der Waals surface area (Å²) in [6, 6.07) is 6.51. The number of H-pyrrole nitrogens is 1. The number of carbonyl (C=O) groups excluding carboxylic acids is 1. The Morgan fingerprint density at radius 2 is 1.82 bits per heavy atom. The molecule has 146 valence electrons. The van der Waals surface area contributed by atoms with Crippen molar-refractivity contribution < 1.29 is 9.90 Å². The third-order valence-electron chi connectivity index (χ3n) is 5.54. The predicted molar refractivity (Wildman–Crippen MR) is 106 cm³/mol. The Labute approximate surface area is 161 Å². The van der Waals surface area contributed by atoms with Crippen LogP contribution in [0.2, 0.25) is 0 Å². The van der Waals surface area contributed by atoms with Gasteiger partial charge in [0.15, 0.2) is 5.78 Å². The van der Waals surface area contributed by atoms with Crippen molar-refractivity contribution in [2.45, 2.75) is 46.1 Å². The van der Waals surface area contributed by atoms with Gasteiger partial charge >= 0.3 is 5.69 Å². The number of ketones is 1. The highest BCUT2D eigenvalue weighted by atomic mass is 16.3. The summed E-state index contributed by atoms with van der Waals surface area (Å²) in [6.45, 7) is 6.28. The van der Waals surface area contributed by atoms with Crippen LogP contribution in [0.4, 0.5) is 5.82 Å². The number of allylic oxidation sites excluding steroid dienone is 2. The van der Waals surface area contributed by atoms with Gasteiger partial charge in [0.25, 0.3) is 5.56 Å². The van der Waals surface area contributed by atoms with E-state index in [0.29, 0.717) is 36.3 Å². The lowest BCUT2D eigenvalue weighted by Crippen LogP contribution is -2.41. The first-order valence-electron chi connectivity index (χ1n) is 9.41. The minimum absolute atomic E-state index is 0.00359. The molecule has 1 aromatic carbocycles. The highest BCUT2D eigenvalue weighted by Gasteiger charge is 2.42. The molecule has 2 heterocycles. The van der Waals surface area contributed by atoms with Crippen molar-refractivity contribution >= 4 is 11.6 Å². The van der Waals surface area contributed by atoms with Gasteiger partial charge in [0, 0.05) is 30.2 Å². The summed E-state index contributed by atoms with van der Waals surface area (Å²) in [4.78, 5) is 40.6. The van der Waals surface area contributed by atoms with Crippen molar-refractivity contribution in [3.8, 4) is 5.75 Å². The van der Waals surface area contributed by atoms with E-state index in [-0.39, 0.29) is 16.9 Å². The van der Waals surface area contributed by atoms with Gasteiger partial charge in [-0.05, 0) is 36.5 Å². The quantitative estimate of drug-likeness (QED) is 0.741. The highest BCUT2D eigenvalue weighted by molar-refractivity contribution is 6.01. The Morgan fingerprint density at radius 1 is 1.14 bits per heavy atom. The second-order valence-corrected chi connectivity index (χ2v) is 8.25. The van der Waals surface area contributed by atoms with Gasteiger partial charge in [-0.3, -0.25) is 19.1 Å². The number of anilines is 1. The van der Waals surface area contributed by atoms with Crippen LogP contribution in [0, 0.1) is 5.41 Å². The topological polar surface area (TPSA) is 104 Å². The molecule has 0 radical (unpaired) electrons. The predicted octanol–water partition coefficient (Wildman–Crippen LogP) is 2.46. The molecule has 1 aromatic heterocycles. The highest BCUT2D eigenvalue weighted by Crippen LogP contribution is 2.47. The molecule has 3 N–H and O–H groups in total. The molecular weight excluding hydrogens is 358 g/mol. The molecule has 0 saturated carbocycles. The van der Waals surface area contributed by atoms with Gasteiger partial charge < -0.3 is 10.4 Å². The number of hydrogen-bond acceptors (Lipinski definition) is 5. The molecule has 1 atom stereocenters. The van der Waals surface area contributed by atoms with Crippen LogP contribution in [0.5, 0.6) is 5.75 Å². The monoisotopic (exact) mass is 381 g/mol. The number of aromatic amines is 1. The van der Waals surface area contributed by atoms with Crippen LogP contribution in [0.15, 0.2) is 45.1 Å². The van der Waals surface area contributed by atoms with Crippen molar-refractivity contribution in [1.29, 1.82) is 0 Å². The molecule has 4 rings (SSSR count). The number of aromatic nitrogens is 2. The van der Waals surface area contributed by atoms with Crippen molar-refractivity contribution in [2.24, 2.45) is 5.41 Å². The molecule has 0 amide bonds. The van der Waals surface area contributed by atoms with E-state index in [1.165, 1.54) is 4.57 Å². The van der Waals surface area contributed by atoms with Crippen LogP contribution in [0.25, 0.3) is 0 Å². The van der Waals surface area contributed by atoms with E-state index in [0.717, 1.165) is 11.3 Å². The summed E-state index contributed by atoms with van der Waals surface area (Å²) in [6.07, 6.45) is 1.04. The molecular formula is C21H23N3O4. The fraction of sp³-hybridized carbons (Fsp3) is 0.381. The zero-order valence-corrected chi connectivity index (χ0v) is 16.1. The van der Waals surface area contributed by atoms with E-state index in [1.54, 1.807) is 24.3 Å². The number of phenols is 1. The van der Waals surface area contributed by atoms with E-state index in [1.807, 2.05) is 20.8 Å². The number of nitrogens with one attached hydrogen (secondary N) is 2. The summed E-state index contributed by atoms with van der Waals surface area (Å²) in [5, 5.41) is 12.9. The number of phenolic OH excluding ortho intramolecular Hbond substituents is 1. The van der Waals surface area contributed by atoms with Crippen LogP contribution in [-0.2, 0) is 11.3 Å². The van der Waals surface area contributed by atoms with Gasteiger partial charge in [-0.1, -0.05) is 26.0 Å². The molecule has 0 saturated heterocycles. The Hall–Kier alpha value is -3.09. The smallest absolute Gasteiger partial charge is 0.329 e. The Balaban J connectivity index is 2.05. The lowest BCUT2D eigenvalue weighted by Gasteiger charge is -2.39. The molecule has 1 aliphatic carbocycles. The minimum atomic E-state index is -0.586. The zero-order valence-electron chi connectivity index (χ0n) is 16.1. The van der Waals surface area contributed by atoms with Crippen LogP contribution in [0.1, 0.15) is 50.7 Å². The maximum absolute atomic E-state index is 13.1. The van der Waals surface area contributed by atoms with Crippen molar-refractivity contribution in [3.05, 3.63) is 67.5 Å². The first-order chi connectivity index (χ1) is 13.2. The molecule has 2 aliphatic rings. The average Bonchev–Trinajstić information content (AvgIpc) is 2.60. The van der Waals surface area contributed by atoms with Gasteiger partial charge in [-0.25, -0.2) is 4.79 Å². The van der Waals surface area contributed by atoms with E-state index in [2.05, 4.69) is 10.3 Å². The second kappa shape index (κ2) is 6.22. The van der Waals surface area contributed by atoms with Crippen LogP contribution < -0.4 is 16.6 Å². The van der Waals surface area contributed by atoms with Crippen molar-refractivity contribution in [2.75, 3.05) is 5.32 Å². The molecule has 28 heavy (non-hydrogen) atoms. The third kappa shape index (κ3) is 2.78. The molecule has 1 aliphatic heterocycles. The minimum Gasteiger partial charge on any atom is -0.508 e. The number of fused-ring (bicyclic) bond motifs is 1. The van der Waals surface area contributed by atoms with Crippen LogP contribution in [-0.4, -0.2) is 20.4 Å². The zero-order chi connectivity index (χ0) is 20.2. The number of hydrogen-bond donors (Lipinski definition) is 3. The van der Waals surface area contributed by atoms with Crippen LogP contribution >= 0.6 is 0 Å². The molecule has 0 bridgehead atoms. The van der Waals surface area contributed by atoms with E-state index in [9.17, 15) is 19.5 Å². The summed E-state index contributed by atoms with van der Waals surface area (Å²) in [7, 11) is 0. The molecule has 7 heteroatoms. The number of benzene rings is 1. The largest absolute Gasteiger partial charge is 0.508 e. The van der Waals surface area contributed by atoms with Gasteiger partial charge in [-0.15, -0.1) is 0 Å². The number of aromatic hydroxyl groups is 1. The summed E-state index contributed by atoms with van der Waals surface area (Å²) in [5.74, 6) is -0.0389. The third-order valence-corrected chi connectivity index (χ3v) is 5.54. The van der Waals surface area contributed by atoms with E-state index < -0.39 is 17.2 Å². The first-order valence-corrected chi connectivity index (χ1v) is 9.41. The van der Waals surface area contributed by atoms with Crippen molar-refractivity contribution in [3.63, 3.8) is 0 Å². The summed E-state index contributed by atoms with van der Waals surface area (Å²) < 4.78 is 1.49. The van der Waals surface area contributed by atoms with E-state index in [4.69, 9.17) is 0 Å². The van der Waals surface area contributed by atoms with Gasteiger partial charge in [0.1, 0.15) is 11.6 Å². The molecule has 0 spiro atoms. The summed E-state index contributed by atoms with van der Waals surface area (Å²) >= 11 is 0. The van der Waals surface area contributed by atoms with Gasteiger partial charge in [-0.2, -0.15) is 0 Å². The Bertz CT molecular complexity index is 1120.